The summed E-state index contributed by atoms with van der Waals surface area (Å²) in [5.74, 6) is 0. The molecule has 3 amide bonds. The van der Waals surface area contributed by atoms with E-state index in [2.05, 4.69) is 10.1 Å². The van der Waals surface area contributed by atoms with Gasteiger partial charge in [-0.1, -0.05) is 46.6 Å². The Bertz CT molecular complexity index is 1140. The molecule has 172 valence electrons. The van der Waals surface area contributed by atoms with E-state index >= 15 is 0 Å². The van der Waals surface area contributed by atoms with Gasteiger partial charge in [-0.3, -0.25) is 14.0 Å². The lowest BCUT2D eigenvalue weighted by molar-refractivity contribution is 0.136. The van der Waals surface area contributed by atoms with E-state index in [1.165, 1.54) is 36.7 Å². The molecule has 0 heterocycles. The molecule has 2 aromatic rings. The van der Waals surface area contributed by atoms with Crippen molar-refractivity contribution in [2.75, 3.05) is 21.1 Å². The van der Waals surface area contributed by atoms with Crippen LogP contribution in [-0.4, -0.2) is 58.8 Å². The van der Waals surface area contributed by atoms with Gasteiger partial charge in [-0.25, -0.2) is 18.9 Å². The molecule has 0 radical (unpaired) electrons. The third-order valence-corrected chi connectivity index (χ3v) is 5.41. The van der Waals surface area contributed by atoms with Gasteiger partial charge >= 0.3 is 12.1 Å². The molecule has 0 unspecified atom stereocenters. The van der Waals surface area contributed by atoms with Gasteiger partial charge in [0.1, 0.15) is 6.07 Å². The van der Waals surface area contributed by atoms with Crippen LogP contribution in [0.15, 0.2) is 52.6 Å². The molecule has 0 aliphatic heterocycles. The number of benzene rings is 2. The first-order chi connectivity index (χ1) is 15.6. The zero-order valence-electron chi connectivity index (χ0n) is 18.2. The molecule has 9 nitrogen and oxygen atoms in total. The first kappa shape index (κ1) is 26.0. The van der Waals surface area contributed by atoms with E-state index in [-0.39, 0.29) is 5.71 Å². The van der Waals surface area contributed by atoms with Crippen molar-refractivity contribution in [1.29, 1.82) is 5.26 Å². The molecule has 0 atom stereocenters. The average Bonchev–Trinajstić information content (AvgIpc) is 2.78. The monoisotopic (exact) mass is 506 g/mol. The number of rotatable bonds is 6. The van der Waals surface area contributed by atoms with Crippen LogP contribution in [0.3, 0.4) is 0 Å². The zero-order valence-corrected chi connectivity index (χ0v) is 20.5. The van der Waals surface area contributed by atoms with Gasteiger partial charge in [0.2, 0.25) is 0 Å². The van der Waals surface area contributed by atoms with Crippen molar-refractivity contribution in [2.45, 2.75) is 6.92 Å². The third-order valence-electron chi connectivity index (χ3n) is 4.05. The summed E-state index contributed by atoms with van der Waals surface area (Å²) in [4.78, 5) is 35.1. The lowest BCUT2D eigenvalue weighted by Crippen LogP contribution is -2.37. The first-order valence-electron chi connectivity index (χ1n) is 9.30. The second-order valence-electron chi connectivity index (χ2n) is 6.53. The second-order valence-corrected chi connectivity index (χ2v) is 8.64. The van der Waals surface area contributed by atoms with Crippen molar-refractivity contribution in [3.05, 3.63) is 63.6 Å². The van der Waals surface area contributed by atoms with Crippen molar-refractivity contribution >= 4 is 65.2 Å². The average molecular weight is 507 g/mol. The number of halogens is 2. The molecule has 0 aromatic heterocycles. The Labute approximate surface area is 206 Å². The number of urea groups is 1. The Hall–Kier alpha value is -3.26. The summed E-state index contributed by atoms with van der Waals surface area (Å²) in [6.07, 6.45) is 0.466. The highest BCUT2D eigenvalue weighted by Gasteiger charge is 2.20. The second kappa shape index (κ2) is 12.1. The maximum absolute atomic E-state index is 12.6. The topological polar surface area (TPSA) is 102 Å². The molecule has 0 saturated carbocycles. The van der Waals surface area contributed by atoms with E-state index in [4.69, 9.17) is 28.0 Å². The maximum Gasteiger partial charge on any atom is 0.447 e. The molecule has 0 N–H and O–H groups in total. The number of carbonyl (C=O) groups excluding carboxylic acids is 2. The van der Waals surface area contributed by atoms with Gasteiger partial charge in [0.25, 0.3) is 0 Å². The van der Waals surface area contributed by atoms with Crippen molar-refractivity contribution in [1.82, 2.24) is 13.5 Å². The van der Waals surface area contributed by atoms with E-state index in [1.54, 1.807) is 42.5 Å². The van der Waals surface area contributed by atoms with Gasteiger partial charge in [-0.15, -0.1) is 0 Å². The highest BCUT2D eigenvalue weighted by molar-refractivity contribution is 7.95. The molecule has 0 aliphatic carbocycles. The number of aliphatic imine (C=N–C) groups is 1. The number of hydrogen-bond donors (Lipinski definition) is 0. The predicted octanol–water partition coefficient (Wildman–Crippen LogP) is 5.50. The molecular weight excluding hydrogens is 487 g/mol. The highest BCUT2D eigenvalue weighted by Crippen LogP contribution is 2.22. The maximum atomic E-state index is 12.6. The van der Waals surface area contributed by atoms with Crippen LogP contribution < -0.4 is 0 Å². The molecule has 0 aliphatic rings. The number of carbonyl (C=O) groups is 2. The van der Waals surface area contributed by atoms with Crippen molar-refractivity contribution in [2.24, 2.45) is 10.1 Å². The van der Waals surface area contributed by atoms with Crippen LogP contribution in [0.4, 0.5) is 15.3 Å². The molecule has 2 rings (SSSR count). The van der Waals surface area contributed by atoms with Gasteiger partial charge in [0, 0.05) is 31.7 Å². The Morgan fingerprint density at radius 1 is 1.12 bits per heavy atom. The van der Waals surface area contributed by atoms with Gasteiger partial charge < -0.3 is 0 Å². The lowest BCUT2D eigenvalue weighted by Gasteiger charge is -2.23. The van der Waals surface area contributed by atoms with Gasteiger partial charge in [-0.05, 0) is 36.8 Å². The summed E-state index contributed by atoms with van der Waals surface area (Å²) in [5.41, 5.74) is 1.69. The van der Waals surface area contributed by atoms with Crippen LogP contribution in [0.1, 0.15) is 11.1 Å². The largest absolute Gasteiger partial charge is 0.447 e. The summed E-state index contributed by atoms with van der Waals surface area (Å²) in [6.45, 7) is 1.86. The van der Waals surface area contributed by atoms with Crippen molar-refractivity contribution < 1.29 is 14.4 Å². The van der Waals surface area contributed by atoms with Crippen LogP contribution in [-0.2, 0) is 4.84 Å². The van der Waals surface area contributed by atoms with Gasteiger partial charge in [0.05, 0.1) is 29.2 Å². The molecule has 0 saturated heterocycles. The number of hydrogen-bond acceptors (Lipinski definition) is 7. The molecule has 12 heteroatoms. The van der Waals surface area contributed by atoms with Crippen LogP contribution >= 0.6 is 35.3 Å². The molecule has 33 heavy (non-hydrogen) atoms. The SMILES string of the molecule is Cc1cc(Cl)ccc1N=CN(C)C(=O)N(C)SN(C)C(=O)ON=C(C#N)c1ccccc1Cl. The Balaban J connectivity index is 1.96. The fourth-order valence-corrected chi connectivity index (χ4v) is 3.48. The first-order valence-corrected chi connectivity index (χ1v) is 10.8. The summed E-state index contributed by atoms with van der Waals surface area (Å²) < 4.78 is 2.24. The van der Waals surface area contributed by atoms with Crippen LogP contribution in [0, 0.1) is 18.3 Å². The van der Waals surface area contributed by atoms with Crippen molar-refractivity contribution in [3.8, 4) is 6.07 Å². The minimum absolute atomic E-state index is 0.162. The van der Waals surface area contributed by atoms with Crippen molar-refractivity contribution in [3.63, 3.8) is 0 Å². The van der Waals surface area contributed by atoms with Gasteiger partial charge in [-0.2, -0.15) is 5.26 Å². The normalized spacial score (nSPS) is 11.1. The molecule has 0 bridgehead atoms. The molecule has 0 fully saturated rings. The number of aryl methyl sites for hydroxylation is 1. The van der Waals surface area contributed by atoms with E-state index in [1.807, 2.05) is 13.0 Å². The van der Waals surface area contributed by atoms with E-state index in [0.29, 0.717) is 21.3 Å². The lowest BCUT2D eigenvalue weighted by atomic mass is 10.1. The standard InChI is InChI=1S/C21H20Cl2N6O3S/c1-14-11-15(22)9-10-18(14)25-13-27(2)20(30)28(3)33-29(4)21(31)32-26-19(12-24)16-7-5-6-8-17(16)23/h5-11,13H,1-4H3. The number of nitriles is 1. The van der Waals surface area contributed by atoms with Gasteiger partial charge in [0.15, 0.2) is 5.71 Å². The minimum Gasteiger partial charge on any atom is -0.296 e. The van der Waals surface area contributed by atoms with Crippen LogP contribution in [0.5, 0.6) is 0 Å². The number of nitrogens with zero attached hydrogens (tertiary/aromatic N) is 6. The van der Waals surface area contributed by atoms with E-state index < -0.39 is 12.1 Å². The summed E-state index contributed by atoms with van der Waals surface area (Å²) in [7, 11) is 4.39. The fraction of sp³-hybridized carbons (Fsp3) is 0.190. The van der Waals surface area contributed by atoms with E-state index in [9.17, 15) is 14.9 Å². The van der Waals surface area contributed by atoms with Crippen LogP contribution in [0.25, 0.3) is 0 Å². The molecule has 2 aromatic carbocycles. The fourth-order valence-electron chi connectivity index (χ4n) is 2.36. The Kier molecular flexibility index (Phi) is 9.54. The summed E-state index contributed by atoms with van der Waals surface area (Å²) in [6, 6.07) is 13.1. The quantitative estimate of drug-likeness (QED) is 0.169. The predicted molar refractivity (Wildman–Crippen MR) is 131 cm³/mol. The minimum atomic E-state index is -0.896. The molecular formula is C21H20Cl2N6O3S. The van der Waals surface area contributed by atoms with Crippen LogP contribution in [0.2, 0.25) is 10.0 Å². The third kappa shape index (κ3) is 7.39. The number of oxime groups is 1. The smallest absolute Gasteiger partial charge is 0.296 e. The Morgan fingerprint density at radius 2 is 1.82 bits per heavy atom. The summed E-state index contributed by atoms with van der Waals surface area (Å²) in [5, 5.41) is 13.7. The highest BCUT2D eigenvalue weighted by atomic mass is 35.5. The Morgan fingerprint density at radius 3 is 2.45 bits per heavy atom. The van der Waals surface area contributed by atoms with E-state index in [0.717, 1.165) is 22.0 Å². The zero-order chi connectivity index (χ0) is 24.5. The number of amides is 3. The molecule has 0 spiro atoms. The summed E-state index contributed by atoms with van der Waals surface area (Å²) >= 11 is 12.7.